The lowest BCUT2D eigenvalue weighted by molar-refractivity contribution is -0.123. The molecule has 9 heteroatoms. The molecule has 0 aromatic rings. The van der Waals surface area contributed by atoms with Crippen LogP contribution in [0.4, 0.5) is 0 Å². The maximum atomic E-state index is 12.7. The first-order valence-corrected chi connectivity index (χ1v) is 23.1. The number of unbranched alkanes of at least 4 members (excludes halogenated alkanes) is 24. The summed E-state index contributed by atoms with van der Waals surface area (Å²) in [6.07, 6.45) is 46.2. The molecule has 0 aliphatic carbocycles. The van der Waals surface area contributed by atoms with Crippen LogP contribution in [0.25, 0.3) is 0 Å². The Bertz CT molecular complexity index is 912. The molecule has 1 amide bonds. The first-order chi connectivity index (χ1) is 25.4. The first-order valence-electron chi connectivity index (χ1n) is 21.6. The highest BCUT2D eigenvalue weighted by Crippen LogP contribution is 2.43. The average molecular weight is 755 g/mol. The molecule has 0 rings (SSSR count). The summed E-state index contributed by atoms with van der Waals surface area (Å²) in [5.74, 6) is -0.207. The van der Waals surface area contributed by atoms with E-state index in [9.17, 15) is 19.4 Å². The largest absolute Gasteiger partial charge is 0.472 e. The molecule has 5 N–H and O–H groups in total. The van der Waals surface area contributed by atoms with E-state index in [4.69, 9.17) is 14.8 Å². The first kappa shape index (κ1) is 50.7. The summed E-state index contributed by atoms with van der Waals surface area (Å²) in [5, 5.41) is 13.6. The molecule has 0 radical (unpaired) electrons. The van der Waals surface area contributed by atoms with Gasteiger partial charge in [-0.05, 0) is 44.9 Å². The molecule has 0 fully saturated rings. The summed E-state index contributed by atoms with van der Waals surface area (Å²) in [6.45, 7) is 4.10. The molecule has 52 heavy (non-hydrogen) atoms. The van der Waals surface area contributed by atoms with Crippen molar-refractivity contribution >= 4 is 13.7 Å². The predicted molar refractivity (Wildman–Crippen MR) is 221 cm³/mol. The van der Waals surface area contributed by atoms with Crippen LogP contribution in [0, 0.1) is 0 Å². The summed E-state index contributed by atoms with van der Waals surface area (Å²) in [4.78, 5) is 22.7. The van der Waals surface area contributed by atoms with Crippen molar-refractivity contribution in [3.8, 4) is 0 Å². The summed E-state index contributed by atoms with van der Waals surface area (Å²) in [6, 6.07) is -0.879. The Labute approximate surface area is 320 Å². The van der Waals surface area contributed by atoms with Gasteiger partial charge in [-0.25, -0.2) is 4.57 Å². The number of nitrogens with one attached hydrogen (secondary N) is 1. The molecule has 0 saturated carbocycles. The Morgan fingerprint density at radius 1 is 0.615 bits per heavy atom. The van der Waals surface area contributed by atoms with Crippen LogP contribution in [0.1, 0.15) is 200 Å². The van der Waals surface area contributed by atoms with Crippen LogP contribution < -0.4 is 11.1 Å². The second-order valence-electron chi connectivity index (χ2n) is 14.5. The molecule has 0 heterocycles. The molecule has 0 aromatic carbocycles. The number of aliphatic hydroxyl groups is 1. The number of aliphatic hydroxyl groups excluding tert-OH is 1. The topological polar surface area (TPSA) is 131 Å². The van der Waals surface area contributed by atoms with Gasteiger partial charge in [-0.2, -0.15) is 0 Å². The minimum absolute atomic E-state index is 0.0726. The van der Waals surface area contributed by atoms with E-state index in [0.29, 0.717) is 6.42 Å². The minimum Gasteiger partial charge on any atom is -0.387 e. The van der Waals surface area contributed by atoms with Crippen LogP contribution in [-0.4, -0.2) is 47.8 Å². The van der Waals surface area contributed by atoms with Gasteiger partial charge < -0.3 is 21.1 Å². The van der Waals surface area contributed by atoms with Crippen LogP contribution in [0.5, 0.6) is 0 Å². The van der Waals surface area contributed by atoms with Crippen LogP contribution in [0.2, 0.25) is 0 Å². The average Bonchev–Trinajstić information content (AvgIpc) is 3.13. The van der Waals surface area contributed by atoms with E-state index >= 15 is 0 Å². The van der Waals surface area contributed by atoms with Gasteiger partial charge in [0.05, 0.1) is 25.4 Å². The van der Waals surface area contributed by atoms with Gasteiger partial charge in [0.2, 0.25) is 5.91 Å². The van der Waals surface area contributed by atoms with Gasteiger partial charge in [-0.15, -0.1) is 0 Å². The number of phosphoric ester groups is 1. The van der Waals surface area contributed by atoms with Crippen molar-refractivity contribution < 1.29 is 28.4 Å². The Balaban J connectivity index is 4.28. The van der Waals surface area contributed by atoms with Gasteiger partial charge >= 0.3 is 7.82 Å². The quantitative estimate of drug-likeness (QED) is 0.0278. The van der Waals surface area contributed by atoms with Crippen LogP contribution in [-0.2, 0) is 18.4 Å². The summed E-state index contributed by atoms with van der Waals surface area (Å²) >= 11 is 0. The third kappa shape index (κ3) is 37.1. The number of carbonyl (C=O) groups is 1. The van der Waals surface area contributed by atoms with E-state index in [1.54, 1.807) is 6.08 Å². The number of carbonyl (C=O) groups excluding carboxylic acids is 1. The third-order valence-corrected chi connectivity index (χ3v) is 10.4. The van der Waals surface area contributed by atoms with E-state index in [2.05, 4.69) is 43.5 Å². The number of rotatable bonds is 40. The number of phosphoric acid groups is 1. The number of amides is 1. The number of allylic oxidation sites excluding steroid dienone is 5. The van der Waals surface area contributed by atoms with Gasteiger partial charge in [0, 0.05) is 13.0 Å². The van der Waals surface area contributed by atoms with Gasteiger partial charge in [-0.1, -0.05) is 185 Å². The van der Waals surface area contributed by atoms with Crippen molar-refractivity contribution in [3.63, 3.8) is 0 Å². The van der Waals surface area contributed by atoms with E-state index in [1.807, 2.05) is 6.08 Å². The maximum Gasteiger partial charge on any atom is 0.472 e. The lowest BCUT2D eigenvalue weighted by Gasteiger charge is -2.23. The Hall–Kier alpha value is -1.28. The monoisotopic (exact) mass is 755 g/mol. The molecule has 0 bridgehead atoms. The molecule has 0 spiro atoms. The minimum atomic E-state index is -4.35. The molecule has 0 saturated heterocycles. The summed E-state index contributed by atoms with van der Waals surface area (Å²) in [7, 11) is -4.35. The van der Waals surface area contributed by atoms with E-state index in [1.165, 1.54) is 135 Å². The molecule has 0 aromatic heterocycles. The molecular formula is C43H83N2O6P. The maximum absolute atomic E-state index is 12.7. The molecular weight excluding hydrogens is 671 g/mol. The van der Waals surface area contributed by atoms with E-state index < -0.39 is 20.0 Å². The zero-order valence-corrected chi connectivity index (χ0v) is 34.7. The molecule has 0 aliphatic heterocycles. The number of nitrogens with two attached hydrogens (primary N) is 1. The second kappa shape index (κ2) is 39.4. The normalized spacial score (nSPS) is 14.5. The fraction of sp³-hybridized carbons (Fsp3) is 0.837. The smallest absolute Gasteiger partial charge is 0.387 e. The predicted octanol–water partition coefficient (Wildman–Crippen LogP) is 11.9. The molecule has 3 unspecified atom stereocenters. The standard InChI is InChI=1S/C43H83N2O6P/c1-3-5-7-9-11-13-15-17-19-21-23-25-27-29-31-33-35-37-43(47)45-41(40-51-52(48,49)50-39-38-44)42(46)36-34-32-30-28-26-24-22-20-18-16-14-12-10-8-6-4-2/h18,20,26,28,34,36,41-42,46H,3-17,19,21-25,27,29-33,35,37-40,44H2,1-2H3,(H,45,47)(H,48,49)/b20-18+,28-26+,36-34+. The fourth-order valence-corrected chi connectivity index (χ4v) is 6.92. The third-order valence-electron chi connectivity index (χ3n) is 9.45. The van der Waals surface area contributed by atoms with Crippen molar-refractivity contribution in [2.45, 2.75) is 212 Å². The molecule has 0 aliphatic rings. The van der Waals surface area contributed by atoms with Crippen molar-refractivity contribution in [2.75, 3.05) is 19.8 Å². The fourth-order valence-electron chi connectivity index (χ4n) is 6.16. The van der Waals surface area contributed by atoms with Gasteiger partial charge in [0.1, 0.15) is 0 Å². The lowest BCUT2D eigenvalue weighted by Crippen LogP contribution is -2.45. The lowest BCUT2D eigenvalue weighted by atomic mass is 10.0. The van der Waals surface area contributed by atoms with Crippen LogP contribution in [0.3, 0.4) is 0 Å². The number of hydrogen-bond donors (Lipinski definition) is 4. The zero-order valence-electron chi connectivity index (χ0n) is 33.8. The van der Waals surface area contributed by atoms with Crippen molar-refractivity contribution in [3.05, 3.63) is 36.5 Å². The van der Waals surface area contributed by atoms with Crippen molar-refractivity contribution in [2.24, 2.45) is 5.73 Å². The van der Waals surface area contributed by atoms with Crippen LogP contribution >= 0.6 is 7.82 Å². The highest BCUT2D eigenvalue weighted by Gasteiger charge is 2.26. The van der Waals surface area contributed by atoms with Gasteiger partial charge in [-0.3, -0.25) is 13.8 Å². The molecule has 8 nitrogen and oxygen atoms in total. The zero-order chi connectivity index (χ0) is 38.2. The van der Waals surface area contributed by atoms with E-state index in [-0.39, 0.29) is 25.7 Å². The van der Waals surface area contributed by atoms with Crippen molar-refractivity contribution in [1.82, 2.24) is 5.32 Å². The van der Waals surface area contributed by atoms with Gasteiger partial charge in [0.25, 0.3) is 0 Å². The van der Waals surface area contributed by atoms with E-state index in [0.717, 1.165) is 44.9 Å². The highest BCUT2D eigenvalue weighted by molar-refractivity contribution is 7.47. The summed E-state index contributed by atoms with van der Waals surface area (Å²) < 4.78 is 22.1. The Morgan fingerprint density at radius 3 is 1.48 bits per heavy atom. The Morgan fingerprint density at radius 2 is 1.02 bits per heavy atom. The SMILES string of the molecule is CCCCCCCC/C=C/CC/C=C/CC/C=C/C(O)C(COP(=O)(O)OCCN)NC(=O)CCCCCCCCCCCCCCCCCCC. The van der Waals surface area contributed by atoms with Crippen molar-refractivity contribution in [1.29, 1.82) is 0 Å². The summed E-state index contributed by atoms with van der Waals surface area (Å²) in [5.41, 5.74) is 5.37. The second-order valence-corrected chi connectivity index (χ2v) is 16.0. The van der Waals surface area contributed by atoms with Crippen LogP contribution in [0.15, 0.2) is 36.5 Å². The molecule has 3 atom stereocenters. The van der Waals surface area contributed by atoms with Gasteiger partial charge in [0.15, 0.2) is 0 Å². The highest BCUT2D eigenvalue weighted by atomic mass is 31.2. The number of hydrogen-bond acceptors (Lipinski definition) is 6. The molecule has 306 valence electrons. The Kier molecular flexibility index (Phi) is 38.4.